The fraction of sp³-hybridized carbons (Fsp3) is 0.200. The number of ether oxygens (including phenoxy) is 1. The monoisotopic (exact) mass is 429 g/mol. The molecule has 30 heavy (non-hydrogen) atoms. The zero-order valence-electron chi connectivity index (χ0n) is 16.3. The van der Waals surface area contributed by atoms with Crippen LogP contribution in [-0.4, -0.2) is 44.3 Å². The van der Waals surface area contributed by atoms with Crippen molar-refractivity contribution in [2.45, 2.75) is 5.54 Å². The van der Waals surface area contributed by atoms with Gasteiger partial charge in [0.15, 0.2) is 5.54 Å². The Morgan fingerprint density at radius 2 is 1.87 bits per heavy atom. The van der Waals surface area contributed by atoms with Gasteiger partial charge < -0.3 is 21.1 Å². The first-order chi connectivity index (χ1) is 14.3. The van der Waals surface area contributed by atoms with Gasteiger partial charge >= 0.3 is 0 Å². The fourth-order valence-electron chi connectivity index (χ4n) is 3.24. The third-order valence-electron chi connectivity index (χ3n) is 4.73. The molecule has 156 valence electrons. The Morgan fingerprint density at radius 1 is 1.17 bits per heavy atom. The molecule has 0 radical (unpaired) electrons. The predicted molar refractivity (Wildman–Crippen MR) is 113 cm³/mol. The van der Waals surface area contributed by atoms with Crippen LogP contribution in [0.3, 0.4) is 0 Å². The Balaban J connectivity index is 1.87. The standard InChI is InChI=1S/C20H20ClN5O4/c1-23-18(28)16-20(19(22)29,25-10-24-16)11-3-6-13(7-4-11)26-17(27)14-8-5-12(21)9-15(14)30-2/h3-9,25H,10H2,1-2H3,(H2,22,29)(H,23,28)(H,26,27). The van der Waals surface area contributed by atoms with E-state index in [1.54, 1.807) is 42.5 Å². The van der Waals surface area contributed by atoms with Gasteiger partial charge in [-0.2, -0.15) is 0 Å². The van der Waals surface area contributed by atoms with Crippen LogP contribution in [0.1, 0.15) is 15.9 Å². The number of rotatable bonds is 6. The van der Waals surface area contributed by atoms with Gasteiger partial charge in [0.2, 0.25) is 5.91 Å². The molecule has 10 heteroatoms. The molecule has 1 unspecified atom stereocenters. The molecule has 3 amide bonds. The van der Waals surface area contributed by atoms with E-state index >= 15 is 0 Å². The number of carbonyl (C=O) groups is 3. The first-order valence-electron chi connectivity index (χ1n) is 8.91. The molecular weight excluding hydrogens is 410 g/mol. The summed E-state index contributed by atoms with van der Waals surface area (Å²) in [5.74, 6) is -1.32. The van der Waals surface area contributed by atoms with Crippen molar-refractivity contribution >= 4 is 40.7 Å². The number of nitrogens with zero attached hydrogens (tertiary/aromatic N) is 1. The molecule has 1 heterocycles. The van der Waals surface area contributed by atoms with Crippen LogP contribution in [0.25, 0.3) is 0 Å². The number of nitrogens with two attached hydrogens (primary N) is 1. The van der Waals surface area contributed by atoms with E-state index in [1.165, 1.54) is 14.2 Å². The number of hydrogen-bond acceptors (Lipinski definition) is 6. The summed E-state index contributed by atoms with van der Waals surface area (Å²) < 4.78 is 5.20. The molecule has 0 aromatic heterocycles. The van der Waals surface area contributed by atoms with E-state index in [9.17, 15) is 14.4 Å². The Bertz CT molecular complexity index is 1040. The number of halogens is 1. The summed E-state index contributed by atoms with van der Waals surface area (Å²) in [5, 5.41) is 8.56. The van der Waals surface area contributed by atoms with E-state index in [1.807, 2.05) is 0 Å². The SMILES string of the molecule is CNC(=O)C1=NCNC1(C(N)=O)c1ccc(NC(=O)c2ccc(Cl)cc2OC)cc1. The van der Waals surface area contributed by atoms with Crippen LogP contribution in [-0.2, 0) is 15.1 Å². The number of hydrogen-bond donors (Lipinski definition) is 4. The van der Waals surface area contributed by atoms with Crippen molar-refractivity contribution < 1.29 is 19.1 Å². The highest BCUT2D eigenvalue weighted by molar-refractivity contribution is 6.47. The van der Waals surface area contributed by atoms with Gasteiger partial charge in [-0.25, -0.2) is 0 Å². The third-order valence-corrected chi connectivity index (χ3v) is 4.97. The van der Waals surface area contributed by atoms with E-state index in [0.717, 1.165) is 0 Å². The van der Waals surface area contributed by atoms with Gasteiger partial charge in [0.05, 0.1) is 19.3 Å². The van der Waals surface area contributed by atoms with Crippen molar-refractivity contribution in [3.63, 3.8) is 0 Å². The summed E-state index contributed by atoms with van der Waals surface area (Å²) in [7, 11) is 2.89. The normalized spacial score (nSPS) is 17.8. The van der Waals surface area contributed by atoms with Crippen molar-refractivity contribution in [3.05, 3.63) is 58.6 Å². The third kappa shape index (κ3) is 3.72. The molecule has 3 rings (SSSR count). The fourth-order valence-corrected chi connectivity index (χ4v) is 3.40. The van der Waals surface area contributed by atoms with Crippen LogP contribution >= 0.6 is 11.6 Å². The van der Waals surface area contributed by atoms with Gasteiger partial charge in [-0.3, -0.25) is 24.7 Å². The van der Waals surface area contributed by atoms with Crippen molar-refractivity contribution in [2.24, 2.45) is 10.7 Å². The topological polar surface area (TPSA) is 135 Å². The molecule has 2 aromatic carbocycles. The largest absolute Gasteiger partial charge is 0.496 e. The molecule has 2 aromatic rings. The molecule has 1 atom stereocenters. The Morgan fingerprint density at radius 3 is 2.47 bits per heavy atom. The molecule has 0 aliphatic carbocycles. The second-order valence-electron chi connectivity index (χ2n) is 6.41. The number of amides is 3. The summed E-state index contributed by atoms with van der Waals surface area (Å²) in [4.78, 5) is 41.2. The lowest BCUT2D eigenvalue weighted by Crippen LogP contribution is -2.58. The second-order valence-corrected chi connectivity index (χ2v) is 6.85. The van der Waals surface area contributed by atoms with Crippen molar-refractivity contribution in [1.29, 1.82) is 0 Å². The van der Waals surface area contributed by atoms with Gasteiger partial charge in [-0.05, 0) is 35.9 Å². The van der Waals surface area contributed by atoms with Gasteiger partial charge in [-0.1, -0.05) is 23.7 Å². The summed E-state index contributed by atoms with van der Waals surface area (Å²) in [6, 6.07) is 11.1. The summed E-state index contributed by atoms with van der Waals surface area (Å²) in [6.45, 7) is 0.0700. The molecule has 1 aliphatic heterocycles. The lowest BCUT2D eigenvalue weighted by Gasteiger charge is -2.27. The molecule has 0 saturated carbocycles. The van der Waals surface area contributed by atoms with Crippen LogP contribution in [0, 0.1) is 0 Å². The summed E-state index contributed by atoms with van der Waals surface area (Å²) >= 11 is 5.93. The summed E-state index contributed by atoms with van der Waals surface area (Å²) in [5.41, 5.74) is 5.27. The second kappa shape index (κ2) is 8.52. The van der Waals surface area contributed by atoms with E-state index in [-0.39, 0.29) is 12.4 Å². The summed E-state index contributed by atoms with van der Waals surface area (Å²) in [6.07, 6.45) is 0. The van der Waals surface area contributed by atoms with Crippen molar-refractivity contribution in [1.82, 2.24) is 10.6 Å². The van der Waals surface area contributed by atoms with Crippen LogP contribution in [0.5, 0.6) is 5.75 Å². The van der Waals surface area contributed by atoms with Crippen LogP contribution in [0.15, 0.2) is 47.5 Å². The van der Waals surface area contributed by atoms with Crippen molar-refractivity contribution in [2.75, 3.05) is 26.1 Å². The van der Waals surface area contributed by atoms with E-state index in [4.69, 9.17) is 22.1 Å². The number of primary amides is 1. The molecule has 9 nitrogen and oxygen atoms in total. The highest BCUT2D eigenvalue weighted by Crippen LogP contribution is 2.29. The minimum atomic E-state index is -1.55. The Hall–Kier alpha value is -3.43. The van der Waals surface area contributed by atoms with Crippen LogP contribution < -0.4 is 26.4 Å². The van der Waals surface area contributed by atoms with Crippen LogP contribution in [0.4, 0.5) is 5.69 Å². The quantitative estimate of drug-likeness (QED) is 0.544. The molecule has 0 saturated heterocycles. The maximum atomic E-state index is 12.6. The highest BCUT2D eigenvalue weighted by Gasteiger charge is 2.49. The number of carbonyl (C=O) groups excluding carboxylic acids is 3. The zero-order valence-corrected chi connectivity index (χ0v) is 17.0. The predicted octanol–water partition coefficient (Wildman–Crippen LogP) is 1.03. The molecule has 0 fully saturated rings. The first kappa shape index (κ1) is 21.3. The van der Waals surface area contributed by atoms with Crippen LogP contribution in [0.2, 0.25) is 5.02 Å². The maximum Gasteiger partial charge on any atom is 0.267 e. The smallest absolute Gasteiger partial charge is 0.267 e. The number of nitrogens with one attached hydrogen (secondary N) is 3. The molecular formula is C20H20ClN5O4. The maximum absolute atomic E-state index is 12.6. The molecule has 5 N–H and O–H groups in total. The molecule has 0 spiro atoms. The first-order valence-corrected chi connectivity index (χ1v) is 9.28. The Labute approximate surface area is 177 Å². The van der Waals surface area contributed by atoms with E-state index in [2.05, 4.69) is 20.9 Å². The van der Waals surface area contributed by atoms with Gasteiger partial charge in [-0.15, -0.1) is 0 Å². The van der Waals surface area contributed by atoms with E-state index < -0.39 is 23.3 Å². The average Bonchev–Trinajstić information content (AvgIpc) is 3.19. The lowest BCUT2D eigenvalue weighted by atomic mass is 9.84. The average molecular weight is 430 g/mol. The minimum absolute atomic E-state index is 0.0137. The van der Waals surface area contributed by atoms with Crippen molar-refractivity contribution in [3.8, 4) is 5.75 Å². The number of benzene rings is 2. The van der Waals surface area contributed by atoms with E-state index in [0.29, 0.717) is 27.6 Å². The number of aliphatic imine (C=N–C) groups is 1. The lowest BCUT2D eigenvalue weighted by molar-refractivity contribution is -0.123. The highest BCUT2D eigenvalue weighted by atomic mass is 35.5. The van der Waals surface area contributed by atoms with Gasteiger partial charge in [0.1, 0.15) is 11.5 Å². The zero-order chi connectivity index (χ0) is 21.9. The van der Waals surface area contributed by atoms with Gasteiger partial charge in [0.25, 0.3) is 11.8 Å². The Kier molecular flexibility index (Phi) is 6.04. The number of methoxy groups -OCH3 is 1. The molecule has 1 aliphatic rings. The molecule has 0 bridgehead atoms. The number of anilines is 1. The van der Waals surface area contributed by atoms with Gasteiger partial charge in [0, 0.05) is 17.8 Å². The minimum Gasteiger partial charge on any atom is -0.496 e.